The molecule has 0 unspecified atom stereocenters. The van der Waals surface area contributed by atoms with Crippen molar-refractivity contribution in [2.24, 2.45) is 5.92 Å². The number of aryl methyl sites for hydroxylation is 1. The van der Waals surface area contributed by atoms with Crippen molar-refractivity contribution in [2.75, 3.05) is 11.6 Å². The molecule has 1 saturated heterocycles. The molecule has 85 valence electrons. The minimum atomic E-state index is 0.708. The molecular weight excluding hydrogens is 197 g/mol. The van der Waals surface area contributed by atoms with Gasteiger partial charge in [-0.15, -0.1) is 0 Å². The van der Waals surface area contributed by atoms with Gasteiger partial charge in [0.1, 0.15) is 0 Å². The Morgan fingerprint density at radius 1 is 1.44 bits per heavy atom. The molecule has 1 aliphatic rings. The van der Waals surface area contributed by atoms with E-state index in [9.17, 15) is 0 Å². The SMILES string of the molecule is Cc1cc(CC(C)C)ccc1N1[B]CCO1. The fourth-order valence-corrected chi connectivity index (χ4v) is 2.10. The zero-order chi connectivity index (χ0) is 11.5. The third kappa shape index (κ3) is 2.59. The predicted molar refractivity (Wildman–Crippen MR) is 68.7 cm³/mol. The summed E-state index contributed by atoms with van der Waals surface area (Å²) in [5.41, 5.74) is 3.87. The van der Waals surface area contributed by atoms with E-state index in [0.717, 1.165) is 19.3 Å². The quantitative estimate of drug-likeness (QED) is 0.720. The first-order valence-electron chi connectivity index (χ1n) is 6.02. The summed E-state index contributed by atoms with van der Waals surface area (Å²) in [5.74, 6) is 0.708. The van der Waals surface area contributed by atoms with E-state index in [2.05, 4.69) is 46.4 Å². The maximum Gasteiger partial charge on any atom is 0.288 e. The molecule has 1 aromatic rings. The van der Waals surface area contributed by atoms with Crippen LogP contribution in [0.4, 0.5) is 5.69 Å². The van der Waals surface area contributed by atoms with Gasteiger partial charge in [0, 0.05) is 0 Å². The van der Waals surface area contributed by atoms with Crippen molar-refractivity contribution in [3.63, 3.8) is 0 Å². The summed E-state index contributed by atoms with van der Waals surface area (Å²) >= 11 is 0. The first kappa shape index (κ1) is 11.5. The van der Waals surface area contributed by atoms with E-state index in [4.69, 9.17) is 4.84 Å². The summed E-state index contributed by atoms with van der Waals surface area (Å²) in [6.07, 6.45) is 2.15. The lowest BCUT2D eigenvalue weighted by Crippen LogP contribution is -2.20. The smallest absolute Gasteiger partial charge is 0.288 e. The van der Waals surface area contributed by atoms with Gasteiger partial charge >= 0.3 is 0 Å². The molecule has 0 aliphatic carbocycles. The van der Waals surface area contributed by atoms with Gasteiger partial charge in [-0.25, -0.2) is 0 Å². The van der Waals surface area contributed by atoms with Crippen LogP contribution in [0.1, 0.15) is 25.0 Å². The highest BCUT2D eigenvalue weighted by molar-refractivity contribution is 6.41. The standard InChI is InChI=1S/C13H19BNO/c1-10(2)8-12-4-5-13(11(3)9-12)15-14-6-7-16-15/h4-5,9-10H,6-8H2,1-3H3. The Morgan fingerprint density at radius 2 is 2.25 bits per heavy atom. The van der Waals surface area contributed by atoms with E-state index in [0.29, 0.717) is 5.92 Å². The highest BCUT2D eigenvalue weighted by atomic mass is 16.7. The van der Waals surface area contributed by atoms with E-state index >= 15 is 0 Å². The Kier molecular flexibility index (Phi) is 3.54. The lowest BCUT2D eigenvalue weighted by atomic mass is 9.89. The zero-order valence-corrected chi connectivity index (χ0v) is 10.4. The molecule has 1 heterocycles. The van der Waals surface area contributed by atoms with Gasteiger partial charge in [-0.3, -0.25) is 4.84 Å². The zero-order valence-electron chi connectivity index (χ0n) is 10.4. The summed E-state index contributed by atoms with van der Waals surface area (Å²) in [6.45, 7) is 7.45. The van der Waals surface area contributed by atoms with Crippen molar-refractivity contribution in [3.05, 3.63) is 29.3 Å². The van der Waals surface area contributed by atoms with E-state index < -0.39 is 0 Å². The Morgan fingerprint density at radius 3 is 2.81 bits per heavy atom. The van der Waals surface area contributed by atoms with Crippen LogP contribution >= 0.6 is 0 Å². The van der Waals surface area contributed by atoms with Crippen molar-refractivity contribution in [1.29, 1.82) is 0 Å². The largest absolute Gasteiger partial charge is 0.306 e. The summed E-state index contributed by atoms with van der Waals surface area (Å²) in [4.78, 5) is 7.42. The highest BCUT2D eigenvalue weighted by Gasteiger charge is 2.17. The number of benzene rings is 1. The average molecular weight is 216 g/mol. The first-order valence-corrected chi connectivity index (χ1v) is 6.02. The van der Waals surface area contributed by atoms with Gasteiger partial charge in [0.15, 0.2) is 0 Å². The van der Waals surface area contributed by atoms with E-state index in [1.54, 1.807) is 0 Å². The van der Waals surface area contributed by atoms with Crippen molar-refractivity contribution < 1.29 is 4.84 Å². The second-order valence-corrected chi connectivity index (χ2v) is 4.85. The van der Waals surface area contributed by atoms with Crippen LogP contribution in [0.25, 0.3) is 0 Å². The van der Waals surface area contributed by atoms with Gasteiger partial charge < -0.3 is 4.97 Å². The molecule has 0 N–H and O–H groups in total. The number of nitrogens with zero attached hydrogens (tertiary/aromatic N) is 1. The van der Waals surface area contributed by atoms with E-state index in [1.165, 1.54) is 16.8 Å². The van der Waals surface area contributed by atoms with Crippen LogP contribution in [0.15, 0.2) is 18.2 Å². The predicted octanol–water partition coefficient (Wildman–Crippen LogP) is 2.98. The van der Waals surface area contributed by atoms with Crippen LogP contribution < -0.4 is 4.97 Å². The van der Waals surface area contributed by atoms with Crippen molar-refractivity contribution in [2.45, 2.75) is 33.5 Å². The minimum absolute atomic E-state index is 0.708. The number of hydrogen-bond donors (Lipinski definition) is 0. The second kappa shape index (κ2) is 4.92. The Labute approximate surface area is 98.8 Å². The van der Waals surface area contributed by atoms with Crippen LogP contribution in [-0.2, 0) is 11.3 Å². The highest BCUT2D eigenvalue weighted by Crippen LogP contribution is 2.24. The molecule has 0 atom stereocenters. The monoisotopic (exact) mass is 216 g/mol. The van der Waals surface area contributed by atoms with Gasteiger partial charge in [-0.05, 0) is 42.8 Å². The Bertz CT molecular complexity index is 359. The van der Waals surface area contributed by atoms with Crippen LogP contribution in [0.5, 0.6) is 0 Å². The molecule has 1 radical (unpaired) electrons. The second-order valence-electron chi connectivity index (χ2n) is 4.85. The van der Waals surface area contributed by atoms with Gasteiger partial charge in [0.25, 0.3) is 7.41 Å². The van der Waals surface area contributed by atoms with Crippen LogP contribution in [0.2, 0.25) is 6.32 Å². The summed E-state index contributed by atoms with van der Waals surface area (Å²) in [7, 11) is 2.10. The lowest BCUT2D eigenvalue weighted by molar-refractivity contribution is 0.185. The molecule has 0 aromatic heterocycles. The summed E-state index contributed by atoms with van der Waals surface area (Å²) < 4.78 is 0. The molecule has 1 aromatic carbocycles. The fraction of sp³-hybridized carbons (Fsp3) is 0.538. The number of anilines is 1. The molecule has 0 bridgehead atoms. The number of hydrogen-bond acceptors (Lipinski definition) is 2. The van der Waals surface area contributed by atoms with Crippen molar-refractivity contribution >= 4 is 13.1 Å². The van der Waals surface area contributed by atoms with E-state index in [-0.39, 0.29) is 0 Å². The van der Waals surface area contributed by atoms with Crippen LogP contribution in [0.3, 0.4) is 0 Å². The van der Waals surface area contributed by atoms with Crippen LogP contribution in [0, 0.1) is 12.8 Å². The summed E-state index contributed by atoms with van der Waals surface area (Å²) in [5, 5.41) is 0. The van der Waals surface area contributed by atoms with Gasteiger partial charge in [0.2, 0.25) is 0 Å². The lowest BCUT2D eigenvalue weighted by Gasteiger charge is -2.20. The molecule has 0 amide bonds. The van der Waals surface area contributed by atoms with Gasteiger partial charge in [-0.2, -0.15) is 0 Å². The topological polar surface area (TPSA) is 12.5 Å². The first-order chi connectivity index (χ1) is 7.66. The normalized spacial score (nSPS) is 15.6. The number of rotatable bonds is 3. The van der Waals surface area contributed by atoms with Crippen molar-refractivity contribution in [3.8, 4) is 0 Å². The molecule has 2 rings (SSSR count). The molecule has 1 fully saturated rings. The third-order valence-corrected chi connectivity index (χ3v) is 2.79. The maximum absolute atomic E-state index is 5.52. The molecule has 0 saturated carbocycles. The molecule has 1 aliphatic heterocycles. The molecule has 0 spiro atoms. The molecule has 16 heavy (non-hydrogen) atoms. The Hall–Kier alpha value is -0.955. The fourth-order valence-electron chi connectivity index (χ4n) is 2.10. The van der Waals surface area contributed by atoms with Gasteiger partial charge in [0.05, 0.1) is 12.3 Å². The maximum atomic E-state index is 5.52. The van der Waals surface area contributed by atoms with Crippen LogP contribution in [-0.4, -0.2) is 14.0 Å². The summed E-state index contributed by atoms with van der Waals surface area (Å²) in [6, 6.07) is 6.64. The minimum Gasteiger partial charge on any atom is -0.306 e. The third-order valence-electron chi connectivity index (χ3n) is 2.79. The Balaban J connectivity index is 2.15. The molecular formula is C13H19BNO. The molecule has 2 nitrogen and oxygen atoms in total. The average Bonchev–Trinajstić information content (AvgIpc) is 2.69. The van der Waals surface area contributed by atoms with Gasteiger partial charge in [-0.1, -0.05) is 26.0 Å². The van der Waals surface area contributed by atoms with E-state index in [1.807, 2.05) is 4.97 Å². The molecule has 3 heteroatoms. The van der Waals surface area contributed by atoms with Crippen molar-refractivity contribution in [1.82, 2.24) is 0 Å².